The molecule has 1 N–H and O–H groups in total. The largest absolute Gasteiger partial charge is 0.361 e. The van der Waals surface area contributed by atoms with Crippen LogP contribution in [0.15, 0.2) is 54.9 Å². The lowest BCUT2D eigenvalue weighted by atomic mass is 10.0. The molecule has 3 nitrogen and oxygen atoms in total. The fourth-order valence-corrected chi connectivity index (χ4v) is 2.51. The molecule has 0 radical (unpaired) electrons. The summed E-state index contributed by atoms with van der Waals surface area (Å²) in [5.41, 5.74) is 2.56. The van der Waals surface area contributed by atoms with Gasteiger partial charge in [-0.1, -0.05) is 30.3 Å². The summed E-state index contributed by atoms with van der Waals surface area (Å²) in [6.07, 6.45) is 3.77. The van der Waals surface area contributed by atoms with Crippen LogP contribution in [0.5, 0.6) is 0 Å². The molecule has 1 aromatic carbocycles. The van der Waals surface area contributed by atoms with Crippen molar-refractivity contribution in [2.24, 2.45) is 0 Å². The van der Waals surface area contributed by atoms with Crippen LogP contribution in [0.25, 0.3) is 0 Å². The molecule has 1 atom stereocenters. The molecule has 3 heteroatoms. The van der Waals surface area contributed by atoms with Crippen LogP contribution in [0.2, 0.25) is 0 Å². The maximum Gasteiger partial charge on any atom is 0.0668 e. The maximum atomic E-state index is 4.23. The Balaban J connectivity index is 1.92. The number of nitrogens with zero attached hydrogens (tertiary/aromatic N) is 2. The van der Waals surface area contributed by atoms with E-state index < -0.39 is 0 Å². The van der Waals surface area contributed by atoms with Crippen LogP contribution >= 0.6 is 0 Å². The van der Waals surface area contributed by atoms with E-state index in [1.54, 1.807) is 0 Å². The minimum absolute atomic E-state index is 0.393. The first-order valence-corrected chi connectivity index (χ1v) is 6.37. The molecule has 2 heterocycles. The van der Waals surface area contributed by atoms with Gasteiger partial charge < -0.3 is 10.2 Å². The highest BCUT2D eigenvalue weighted by atomic mass is 15.2. The molecule has 1 fully saturated rings. The monoisotopic (exact) mass is 239 g/mol. The number of anilines is 1. The van der Waals surface area contributed by atoms with E-state index in [-0.39, 0.29) is 0 Å². The van der Waals surface area contributed by atoms with Crippen molar-refractivity contribution in [1.29, 1.82) is 0 Å². The Bertz CT molecular complexity index is 436. The second-order valence-electron chi connectivity index (χ2n) is 4.54. The number of pyridine rings is 1. The van der Waals surface area contributed by atoms with Gasteiger partial charge in [-0.3, -0.25) is 4.98 Å². The zero-order valence-electron chi connectivity index (χ0n) is 10.3. The van der Waals surface area contributed by atoms with Gasteiger partial charge in [-0.15, -0.1) is 0 Å². The molecule has 0 spiro atoms. The summed E-state index contributed by atoms with van der Waals surface area (Å²) in [5.74, 6) is 0. The molecule has 1 saturated heterocycles. The van der Waals surface area contributed by atoms with Gasteiger partial charge >= 0.3 is 0 Å². The van der Waals surface area contributed by atoms with E-state index in [1.807, 2.05) is 18.5 Å². The molecule has 1 unspecified atom stereocenters. The molecule has 1 aliphatic rings. The molecule has 2 aromatic rings. The number of benzene rings is 1. The van der Waals surface area contributed by atoms with Crippen LogP contribution in [0.1, 0.15) is 11.6 Å². The summed E-state index contributed by atoms with van der Waals surface area (Å²) in [6.45, 7) is 3.03. The zero-order valence-corrected chi connectivity index (χ0v) is 10.3. The Morgan fingerprint density at radius 3 is 2.78 bits per heavy atom. The smallest absolute Gasteiger partial charge is 0.0668 e. The third-order valence-electron chi connectivity index (χ3n) is 3.41. The van der Waals surface area contributed by atoms with Gasteiger partial charge in [-0.05, 0) is 17.7 Å². The molecular formula is C15H17N3. The minimum atomic E-state index is 0.393. The van der Waals surface area contributed by atoms with E-state index in [4.69, 9.17) is 0 Å². The van der Waals surface area contributed by atoms with Gasteiger partial charge in [0.25, 0.3) is 0 Å². The summed E-state index contributed by atoms with van der Waals surface area (Å²) < 4.78 is 0. The molecule has 1 aromatic heterocycles. The molecule has 0 bridgehead atoms. The number of aromatic nitrogens is 1. The van der Waals surface area contributed by atoms with Crippen LogP contribution in [0.4, 0.5) is 5.69 Å². The SMILES string of the molecule is c1ccc(C2CNCCN2c2cccnc2)cc1. The number of hydrogen-bond donors (Lipinski definition) is 1. The third-order valence-corrected chi connectivity index (χ3v) is 3.41. The standard InChI is InChI=1S/C15H17N3/c1-2-5-13(6-3-1)15-12-17-9-10-18(15)14-7-4-8-16-11-14/h1-8,11,15,17H,9-10,12H2. The maximum absolute atomic E-state index is 4.23. The number of hydrogen-bond acceptors (Lipinski definition) is 3. The molecule has 3 rings (SSSR count). The second-order valence-corrected chi connectivity index (χ2v) is 4.54. The van der Waals surface area contributed by atoms with Crippen LogP contribution in [-0.2, 0) is 0 Å². The lowest BCUT2D eigenvalue weighted by Gasteiger charge is -2.38. The van der Waals surface area contributed by atoms with Gasteiger partial charge in [0.1, 0.15) is 0 Å². The summed E-state index contributed by atoms with van der Waals surface area (Å²) in [7, 11) is 0. The van der Waals surface area contributed by atoms with Crippen LogP contribution in [-0.4, -0.2) is 24.6 Å². The first-order valence-electron chi connectivity index (χ1n) is 6.37. The number of nitrogens with one attached hydrogen (secondary N) is 1. The molecular weight excluding hydrogens is 222 g/mol. The van der Waals surface area contributed by atoms with Crippen molar-refractivity contribution in [2.75, 3.05) is 24.5 Å². The number of rotatable bonds is 2. The average molecular weight is 239 g/mol. The van der Waals surface area contributed by atoms with Crippen molar-refractivity contribution in [1.82, 2.24) is 10.3 Å². The van der Waals surface area contributed by atoms with Crippen molar-refractivity contribution in [2.45, 2.75) is 6.04 Å². The Morgan fingerprint density at radius 2 is 2.00 bits per heavy atom. The summed E-state index contributed by atoms with van der Waals surface area (Å²) in [4.78, 5) is 6.66. The third kappa shape index (κ3) is 2.22. The second kappa shape index (κ2) is 5.19. The molecule has 92 valence electrons. The topological polar surface area (TPSA) is 28.2 Å². The van der Waals surface area contributed by atoms with Crippen molar-refractivity contribution >= 4 is 5.69 Å². The quantitative estimate of drug-likeness (QED) is 0.871. The molecule has 0 amide bonds. The Labute approximate surface area is 107 Å². The first-order chi connectivity index (χ1) is 8.95. The Kier molecular flexibility index (Phi) is 3.24. The minimum Gasteiger partial charge on any atom is -0.361 e. The molecule has 0 saturated carbocycles. The van der Waals surface area contributed by atoms with Crippen LogP contribution in [0, 0.1) is 0 Å². The summed E-state index contributed by atoms with van der Waals surface area (Å²) in [5, 5.41) is 3.47. The Hall–Kier alpha value is -1.87. The van der Waals surface area contributed by atoms with Gasteiger partial charge in [0, 0.05) is 25.8 Å². The fourth-order valence-electron chi connectivity index (χ4n) is 2.51. The Morgan fingerprint density at radius 1 is 1.11 bits per heavy atom. The van der Waals surface area contributed by atoms with Crippen molar-refractivity contribution in [3.63, 3.8) is 0 Å². The van der Waals surface area contributed by atoms with E-state index in [0.29, 0.717) is 6.04 Å². The highest BCUT2D eigenvalue weighted by Gasteiger charge is 2.23. The van der Waals surface area contributed by atoms with Gasteiger partial charge in [-0.25, -0.2) is 0 Å². The van der Waals surface area contributed by atoms with Crippen molar-refractivity contribution in [3.05, 3.63) is 60.4 Å². The fraction of sp³-hybridized carbons (Fsp3) is 0.267. The highest BCUT2D eigenvalue weighted by Crippen LogP contribution is 2.27. The predicted octanol–water partition coefficient (Wildman–Crippen LogP) is 2.23. The molecule has 18 heavy (non-hydrogen) atoms. The number of piperazine rings is 1. The van der Waals surface area contributed by atoms with E-state index in [1.165, 1.54) is 11.3 Å². The van der Waals surface area contributed by atoms with Gasteiger partial charge in [0.05, 0.1) is 17.9 Å². The molecule has 1 aliphatic heterocycles. The van der Waals surface area contributed by atoms with Crippen molar-refractivity contribution < 1.29 is 0 Å². The van der Waals surface area contributed by atoms with Crippen molar-refractivity contribution in [3.8, 4) is 0 Å². The molecule has 0 aliphatic carbocycles. The van der Waals surface area contributed by atoms with E-state index in [2.05, 4.69) is 51.6 Å². The van der Waals surface area contributed by atoms with Gasteiger partial charge in [0.15, 0.2) is 0 Å². The summed E-state index contributed by atoms with van der Waals surface area (Å²) >= 11 is 0. The normalized spacial score (nSPS) is 19.8. The lowest BCUT2D eigenvalue weighted by Crippen LogP contribution is -2.46. The average Bonchev–Trinajstić information content (AvgIpc) is 2.49. The highest BCUT2D eigenvalue weighted by molar-refractivity contribution is 5.47. The predicted molar refractivity (Wildman–Crippen MR) is 73.6 cm³/mol. The van der Waals surface area contributed by atoms with Crippen LogP contribution in [0.3, 0.4) is 0 Å². The van der Waals surface area contributed by atoms with Gasteiger partial charge in [-0.2, -0.15) is 0 Å². The lowest BCUT2D eigenvalue weighted by molar-refractivity contribution is 0.489. The van der Waals surface area contributed by atoms with E-state index in [0.717, 1.165) is 19.6 Å². The van der Waals surface area contributed by atoms with E-state index >= 15 is 0 Å². The van der Waals surface area contributed by atoms with Crippen LogP contribution < -0.4 is 10.2 Å². The summed E-state index contributed by atoms with van der Waals surface area (Å²) in [6, 6.07) is 15.2. The van der Waals surface area contributed by atoms with E-state index in [9.17, 15) is 0 Å². The zero-order chi connectivity index (χ0) is 12.2. The van der Waals surface area contributed by atoms with Gasteiger partial charge in [0.2, 0.25) is 0 Å². The first kappa shape index (κ1) is 11.2.